The molecular formula is C12H22N2O2. The van der Waals surface area contributed by atoms with E-state index in [9.17, 15) is 4.79 Å². The fraction of sp³-hybridized carbons (Fsp3) is 0.917. The lowest BCUT2D eigenvalue weighted by Crippen LogP contribution is -2.57. The number of ether oxygens (including phenoxy) is 1. The van der Waals surface area contributed by atoms with Crippen LogP contribution in [0, 0.1) is 0 Å². The molecule has 2 fully saturated rings. The van der Waals surface area contributed by atoms with Gasteiger partial charge in [0, 0.05) is 18.6 Å². The molecule has 0 spiro atoms. The molecule has 0 saturated heterocycles. The maximum atomic E-state index is 11.9. The predicted octanol–water partition coefficient (Wildman–Crippen LogP) is 0.764. The summed E-state index contributed by atoms with van der Waals surface area (Å²) in [6.45, 7) is 2.69. The lowest BCUT2D eigenvalue weighted by Gasteiger charge is -2.32. The van der Waals surface area contributed by atoms with Gasteiger partial charge in [0.2, 0.25) is 0 Å². The first-order valence-electron chi connectivity index (χ1n) is 6.11. The number of hydrogen-bond donors (Lipinski definition) is 1. The second kappa shape index (κ2) is 4.34. The van der Waals surface area contributed by atoms with Gasteiger partial charge < -0.3 is 9.64 Å². The van der Waals surface area contributed by atoms with E-state index in [2.05, 4.69) is 17.3 Å². The van der Waals surface area contributed by atoms with E-state index in [1.54, 1.807) is 0 Å². The van der Waals surface area contributed by atoms with Crippen LogP contribution in [-0.4, -0.2) is 49.2 Å². The van der Waals surface area contributed by atoms with Crippen molar-refractivity contribution in [2.45, 2.75) is 50.2 Å². The second-order valence-corrected chi connectivity index (χ2v) is 5.39. The van der Waals surface area contributed by atoms with E-state index >= 15 is 0 Å². The van der Waals surface area contributed by atoms with Crippen molar-refractivity contribution >= 4 is 5.97 Å². The number of likely N-dealkylation sites (N-methyl/N-ethyl adjacent to an activating group) is 1. The Morgan fingerprint density at radius 3 is 2.50 bits per heavy atom. The summed E-state index contributed by atoms with van der Waals surface area (Å²) in [4.78, 5) is 14.1. The van der Waals surface area contributed by atoms with Crippen molar-refractivity contribution in [2.24, 2.45) is 0 Å². The zero-order valence-electron chi connectivity index (χ0n) is 10.5. The van der Waals surface area contributed by atoms with Gasteiger partial charge in [0.25, 0.3) is 0 Å². The van der Waals surface area contributed by atoms with E-state index < -0.39 is 5.54 Å². The predicted molar refractivity (Wildman–Crippen MR) is 62.2 cm³/mol. The van der Waals surface area contributed by atoms with Crippen molar-refractivity contribution in [3.8, 4) is 0 Å². The average Bonchev–Trinajstić information content (AvgIpc) is 3.07. The molecule has 2 aliphatic rings. The number of esters is 1. The van der Waals surface area contributed by atoms with Gasteiger partial charge in [-0.25, -0.2) is 0 Å². The van der Waals surface area contributed by atoms with Crippen LogP contribution in [0.25, 0.3) is 0 Å². The monoisotopic (exact) mass is 226 g/mol. The third-order valence-electron chi connectivity index (χ3n) is 3.47. The number of nitrogens with zero attached hydrogens (tertiary/aromatic N) is 1. The number of carbonyl (C=O) groups excluding carboxylic acids is 1. The van der Waals surface area contributed by atoms with Gasteiger partial charge in [0.05, 0.1) is 7.11 Å². The number of hydrogen-bond acceptors (Lipinski definition) is 4. The first-order chi connectivity index (χ1) is 7.55. The maximum Gasteiger partial charge on any atom is 0.327 e. The fourth-order valence-corrected chi connectivity index (χ4v) is 2.22. The highest BCUT2D eigenvalue weighted by molar-refractivity contribution is 5.80. The van der Waals surface area contributed by atoms with Crippen molar-refractivity contribution in [3.63, 3.8) is 0 Å². The first-order valence-corrected chi connectivity index (χ1v) is 6.11. The Bertz CT molecular complexity index is 274. The Morgan fingerprint density at radius 2 is 2.06 bits per heavy atom. The van der Waals surface area contributed by atoms with E-state index in [0.717, 1.165) is 6.54 Å². The van der Waals surface area contributed by atoms with E-state index in [1.807, 2.05) is 6.92 Å². The van der Waals surface area contributed by atoms with Crippen LogP contribution >= 0.6 is 0 Å². The van der Waals surface area contributed by atoms with E-state index in [-0.39, 0.29) is 5.97 Å². The Morgan fingerprint density at radius 1 is 1.44 bits per heavy atom. The number of nitrogens with one attached hydrogen (secondary N) is 1. The molecule has 0 aromatic rings. The molecule has 2 saturated carbocycles. The molecule has 0 bridgehead atoms. The molecule has 0 heterocycles. The van der Waals surface area contributed by atoms with Crippen molar-refractivity contribution in [2.75, 3.05) is 20.7 Å². The third kappa shape index (κ3) is 2.74. The standard InChI is InChI=1S/C12H22N2O2/c1-12(11(15)16-3,13-9-4-5-9)8-14(2)10-6-7-10/h9-10,13H,4-8H2,1-3H3. The second-order valence-electron chi connectivity index (χ2n) is 5.39. The smallest absolute Gasteiger partial charge is 0.327 e. The summed E-state index contributed by atoms with van der Waals surface area (Å²) in [6.07, 6.45) is 4.88. The Balaban J connectivity index is 1.96. The molecule has 2 aliphatic carbocycles. The minimum atomic E-state index is -0.548. The van der Waals surface area contributed by atoms with Gasteiger partial charge in [-0.05, 0) is 39.7 Å². The van der Waals surface area contributed by atoms with Crippen molar-refractivity contribution in [3.05, 3.63) is 0 Å². The molecule has 0 amide bonds. The molecule has 1 N–H and O–H groups in total. The van der Waals surface area contributed by atoms with Gasteiger partial charge in [-0.2, -0.15) is 0 Å². The molecule has 2 rings (SSSR count). The van der Waals surface area contributed by atoms with Crippen LogP contribution in [0.2, 0.25) is 0 Å². The molecule has 1 unspecified atom stereocenters. The zero-order chi connectivity index (χ0) is 11.8. The fourth-order valence-electron chi connectivity index (χ4n) is 2.22. The number of methoxy groups -OCH3 is 1. The lowest BCUT2D eigenvalue weighted by atomic mass is 10.0. The van der Waals surface area contributed by atoms with Crippen molar-refractivity contribution in [1.82, 2.24) is 10.2 Å². The van der Waals surface area contributed by atoms with Crippen LogP contribution in [0.15, 0.2) is 0 Å². The molecular weight excluding hydrogens is 204 g/mol. The van der Waals surface area contributed by atoms with E-state index in [0.29, 0.717) is 12.1 Å². The van der Waals surface area contributed by atoms with Gasteiger partial charge in [-0.1, -0.05) is 0 Å². The van der Waals surface area contributed by atoms with Crippen LogP contribution in [-0.2, 0) is 9.53 Å². The van der Waals surface area contributed by atoms with Gasteiger partial charge in [0.15, 0.2) is 0 Å². The summed E-state index contributed by atoms with van der Waals surface area (Å²) in [5.74, 6) is -0.146. The molecule has 0 aliphatic heterocycles. The quantitative estimate of drug-likeness (QED) is 0.679. The lowest BCUT2D eigenvalue weighted by molar-refractivity contribution is -0.148. The highest BCUT2D eigenvalue weighted by Crippen LogP contribution is 2.28. The van der Waals surface area contributed by atoms with Gasteiger partial charge in [0.1, 0.15) is 5.54 Å². The van der Waals surface area contributed by atoms with Crippen molar-refractivity contribution in [1.29, 1.82) is 0 Å². The van der Waals surface area contributed by atoms with Crippen LogP contribution in [0.1, 0.15) is 32.6 Å². The summed E-state index contributed by atoms with van der Waals surface area (Å²) in [5, 5.41) is 3.42. The topological polar surface area (TPSA) is 41.6 Å². The van der Waals surface area contributed by atoms with Gasteiger partial charge >= 0.3 is 5.97 Å². The Kier molecular flexibility index (Phi) is 3.22. The largest absolute Gasteiger partial charge is 0.468 e. The normalized spacial score (nSPS) is 24.2. The minimum Gasteiger partial charge on any atom is -0.468 e. The van der Waals surface area contributed by atoms with Crippen molar-refractivity contribution < 1.29 is 9.53 Å². The van der Waals surface area contributed by atoms with E-state index in [4.69, 9.17) is 4.74 Å². The molecule has 4 heteroatoms. The SMILES string of the molecule is COC(=O)C(C)(CN(C)C1CC1)NC1CC1. The zero-order valence-corrected chi connectivity index (χ0v) is 10.5. The molecule has 1 atom stereocenters. The number of carbonyl (C=O) groups is 1. The Labute approximate surface area is 97.3 Å². The minimum absolute atomic E-state index is 0.146. The molecule has 92 valence electrons. The van der Waals surface area contributed by atoms with Crippen LogP contribution in [0.3, 0.4) is 0 Å². The molecule has 0 aromatic carbocycles. The molecule has 0 radical (unpaired) electrons. The highest BCUT2D eigenvalue weighted by Gasteiger charge is 2.42. The molecule has 0 aromatic heterocycles. The van der Waals surface area contributed by atoms with Gasteiger partial charge in [-0.3, -0.25) is 10.1 Å². The number of rotatable bonds is 6. The summed E-state index contributed by atoms with van der Waals surface area (Å²) in [6, 6.07) is 1.18. The summed E-state index contributed by atoms with van der Waals surface area (Å²) in [7, 11) is 3.56. The molecule has 16 heavy (non-hydrogen) atoms. The van der Waals surface area contributed by atoms with E-state index in [1.165, 1.54) is 32.8 Å². The first kappa shape index (κ1) is 11.9. The third-order valence-corrected chi connectivity index (χ3v) is 3.47. The average molecular weight is 226 g/mol. The maximum absolute atomic E-state index is 11.9. The highest BCUT2D eigenvalue weighted by atomic mass is 16.5. The summed E-state index contributed by atoms with van der Waals surface area (Å²) in [5.41, 5.74) is -0.548. The molecule has 4 nitrogen and oxygen atoms in total. The Hall–Kier alpha value is -0.610. The van der Waals surface area contributed by atoms with Crippen LogP contribution in [0.5, 0.6) is 0 Å². The summed E-state index contributed by atoms with van der Waals surface area (Å²) >= 11 is 0. The van der Waals surface area contributed by atoms with Crippen LogP contribution < -0.4 is 5.32 Å². The van der Waals surface area contributed by atoms with Crippen LogP contribution in [0.4, 0.5) is 0 Å². The summed E-state index contributed by atoms with van der Waals surface area (Å²) < 4.78 is 4.92. The van der Waals surface area contributed by atoms with Gasteiger partial charge in [-0.15, -0.1) is 0 Å².